The van der Waals surface area contributed by atoms with Gasteiger partial charge in [0.05, 0.1) is 0 Å². The molecular formula is C11H13N3O. The van der Waals surface area contributed by atoms with E-state index in [4.69, 9.17) is 5.11 Å². The smallest absolute Gasteiger partial charge is 0.148 e. The number of aryl methyl sites for hydroxylation is 1. The Morgan fingerprint density at radius 1 is 1.27 bits per heavy atom. The van der Waals surface area contributed by atoms with Crippen LogP contribution in [-0.2, 0) is 13.6 Å². The average Bonchev–Trinajstić information content (AvgIpc) is 2.64. The lowest BCUT2D eigenvalue weighted by Crippen LogP contribution is -2.00. The van der Waals surface area contributed by atoms with E-state index in [1.165, 1.54) is 0 Å². The number of hydrogen-bond donors (Lipinski definition) is 2. The molecule has 0 amide bonds. The van der Waals surface area contributed by atoms with Crippen LogP contribution in [0.2, 0.25) is 0 Å². The average molecular weight is 203 g/mol. The largest absolute Gasteiger partial charge is 0.508 e. The van der Waals surface area contributed by atoms with Crippen LogP contribution in [-0.4, -0.2) is 14.9 Å². The lowest BCUT2D eigenvalue weighted by atomic mass is 10.2. The molecule has 0 atom stereocenters. The molecule has 4 nitrogen and oxygen atoms in total. The van der Waals surface area contributed by atoms with Crippen molar-refractivity contribution in [1.29, 1.82) is 0 Å². The van der Waals surface area contributed by atoms with Gasteiger partial charge in [-0.25, -0.2) is 0 Å². The molecule has 0 bridgehead atoms. The number of anilines is 1. The summed E-state index contributed by atoms with van der Waals surface area (Å²) in [5.74, 6) is 1.14. The fraction of sp³-hybridized carbons (Fsp3) is 0.182. The van der Waals surface area contributed by atoms with E-state index in [9.17, 15) is 0 Å². The third-order valence-electron chi connectivity index (χ3n) is 2.12. The number of rotatable bonds is 3. The summed E-state index contributed by atoms with van der Waals surface area (Å²) >= 11 is 0. The van der Waals surface area contributed by atoms with E-state index in [0.717, 1.165) is 11.4 Å². The lowest BCUT2D eigenvalue weighted by Gasteiger charge is -2.02. The Labute approximate surface area is 88.2 Å². The Bertz CT molecular complexity index is 433. The second kappa shape index (κ2) is 4.04. The minimum Gasteiger partial charge on any atom is -0.508 e. The van der Waals surface area contributed by atoms with Gasteiger partial charge >= 0.3 is 0 Å². The van der Waals surface area contributed by atoms with Crippen molar-refractivity contribution < 1.29 is 5.11 Å². The highest BCUT2D eigenvalue weighted by atomic mass is 16.3. The number of phenolic OH excluding ortho intramolecular Hbond substituents is 1. The summed E-state index contributed by atoms with van der Waals surface area (Å²) in [4.78, 5) is 0. The number of aromatic nitrogens is 2. The van der Waals surface area contributed by atoms with E-state index in [-0.39, 0.29) is 5.75 Å². The quantitative estimate of drug-likeness (QED) is 0.798. The van der Waals surface area contributed by atoms with Crippen molar-refractivity contribution in [3.05, 3.63) is 42.1 Å². The molecule has 0 spiro atoms. The van der Waals surface area contributed by atoms with Crippen LogP contribution in [0.1, 0.15) is 5.56 Å². The summed E-state index contributed by atoms with van der Waals surface area (Å²) < 4.78 is 1.75. The van der Waals surface area contributed by atoms with Gasteiger partial charge < -0.3 is 10.4 Å². The maximum atomic E-state index is 9.11. The van der Waals surface area contributed by atoms with Gasteiger partial charge in [-0.1, -0.05) is 12.1 Å². The van der Waals surface area contributed by atoms with Gasteiger partial charge in [-0.3, -0.25) is 4.68 Å². The molecule has 1 aromatic carbocycles. The molecular weight excluding hydrogens is 190 g/mol. The second-order valence-corrected chi connectivity index (χ2v) is 3.39. The number of benzene rings is 1. The van der Waals surface area contributed by atoms with Gasteiger partial charge in [0, 0.05) is 25.9 Å². The first-order valence-corrected chi connectivity index (χ1v) is 4.75. The Morgan fingerprint density at radius 2 is 2.00 bits per heavy atom. The molecule has 0 fully saturated rings. The molecule has 4 heteroatoms. The van der Waals surface area contributed by atoms with Gasteiger partial charge in [0.2, 0.25) is 0 Å². The van der Waals surface area contributed by atoms with E-state index in [1.54, 1.807) is 16.8 Å². The van der Waals surface area contributed by atoms with Gasteiger partial charge in [0.25, 0.3) is 0 Å². The topological polar surface area (TPSA) is 50.1 Å². The van der Waals surface area contributed by atoms with Crippen molar-refractivity contribution in [3.8, 4) is 5.75 Å². The van der Waals surface area contributed by atoms with Crippen molar-refractivity contribution in [1.82, 2.24) is 9.78 Å². The van der Waals surface area contributed by atoms with Gasteiger partial charge in [0.1, 0.15) is 11.6 Å². The molecule has 0 radical (unpaired) electrons. The summed E-state index contributed by atoms with van der Waals surface area (Å²) in [6, 6.07) is 9.03. The maximum absolute atomic E-state index is 9.11. The first-order valence-electron chi connectivity index (χ1n) is 4.75. The van der Waals surface area contributed by atoms with Crippen molar-refractivity contribution in [2.75, 3.05) is 5.32 Å². The zero-order valence-electron chi connectivity index (χ0n) is 8.51. The first kappa shape index (κ1) is 9.58. The minimum absolute atomic E-state index is 0.289. The number of nitrogens with one attached hydrogen (secondary N) is 1. The third-order valence-corrected chi connectivity index (χ3v) is 2.12. The highest BCUT2D eigenvalue weighted by Crippen LogP contribution is 2.11. The number of aromatic hydroxyl groups is 1. The fourth-order valence-electron chi connectivity index (χ4n) is 1.32. The molecule has 1 aromatic heterocycles. The van der Waals surface area contributed by atoms with Crippen molar-refractivity contribution in [2.45, 2.75) is 6.54 Å². The summed E-state index contributed by atoms with van der Waals surface area (Å²) in [7, 11) is 1.88. The molecule has 0 saturated heterocycles. The predicted octanol–water partition coefficient (Wildman–Crippen LogP) is 1.74. The Kier molecular flexibility index (Phi) is 2.58. The van der Waals surface area contributed by atoms with Crippen LogP contribution < -0.4 is 5.32 Å². The summed E-state index contributed by atoms with van der Waals surface area (Å²) in [6.45, 7) is 0.706. The third kappa shape index (κ3) is 2.49. The number of nitrogens with zero attached hydrogens (tertiary/aromatic N) is 2. The van der Waals surface area contributed by atoms with Crippen LogP contribution in [0.4, 0.5) is 5.82 Å². The van der Waals surface area contributed by atoms with E-state index in [1.807, 2.05) is 31.4 Å². The number of hydrogen-bond acceptors (Lipinski definition) is 3. The molecule has 0 aliphatic heterocycles. The molecule has 2 aromatic rings. The molecule has 0 unspecified atom stereocenters. The molecule has 2 rings (SSSR count). The predicted molar refractivity (Wildman–Crippen MR) is 58.6 cm³/mol. The first-order chi connectivity index (χ1) is 7.24. The Hall–Kier alpha value is -1.97. The van der Waals surface area contributed by atoms with E-state index >= 15 is 0 Å². The zero-order chi connectivity index (χ0) is 10.7. The van der Waals surface area contributed by atoms with Crippen LogP contribution in [0.25, 0.3) is 0 Å². The van der Waals surface area contributed by atoms with Gasteiger partial charge in [-0.2, -0.15) is 5.10 Å². The summed E-state index contributed by atoms with van der Waals surface area (Å²) in [5.41, 5.74) is 1.11. The van der Waals surface area contributed by atoms with E-state index in [0.29, 0.717) is 6.54 Å². The van der Waals surface area contributed by atoms with Crippen LogP contribution in [0.3, 0.4) is 0 Å². The Balaban J connectivity index is 1.96. The van der Waals surface area contributed by atoms with Crippen LogP contribution >= 0.6 is 0 Å². The van der Waals surface area contributed by atoms with Crippen molar-refractivity contribution >= 4 is 5.82 Å². The van der Waals surface area contributed by atoms with Crippen LogP contribution in [0, 0.1) is 0 Å². The molecule has 0 aliphatic carbocycles. The van der Waals surface area contributed by atoms with Crippen LogP contribution in [0.5, 0.6) is 5.75 Å². The fourth-order valence-corrected chi connectivity index (χ4v) is 1.32. The highest BCUT2D eigenvalue weighted by molar-refractivity contribution is 5.35. The lowest BCUT2D eigenvalue weighted by molar-refractivity contribution is 0.475. The second-order valence-electron chi connectivity index (χ2n) is 3.39. The van der Waals surface area contributed by atoms with Gasteiger partial charge in [-0.05, 0) is 17.7 Å². The van der Waals surface area contributed by atoms with Crippen molar-refractivity contribution in [2.24, 2.45) is 7.05 Å². The van der Waals surface area contributed by atoms with Gasteiger partial charge in [-0.15, -0.1) is 0 Å². The van der Waals surface area contributed by atoms with Gasteiger partial charge in [0.15, 0.2) is 0 Å². The summed E-state index contributed by atoms with van der Waals surface area (Å²) in [5, 5.41) is 16.5. The Morgan fingerprint density at radius 3 is 2.60 bits per heavy atom. The van der Waals surface area contributed by atoms with E-state index < -0.39 is 0 Å². The number of phenols is 1. The highest BCUT2D eigenvalue weighted by Gasteiger charge is 1.96. The van der Waals surface area contributed by atoms with E-state index in [2.05, 4.69) is 10.4 Å². The SMILES string of the molecule is Cn1ccc(NCc2ccc(O)cc2)n1. The molecule has 1 heterocycles. The standard InChI is InChI=1S/C11H13N3O/c1-14-7-6-11(13-14)12-8-9-2-4-10(15)5-3-9/h2-7,15H,8H2,1H3,(H,12,13). The molecule has 15 heavy (non-hydrogen) atoms. The normalized spacial score (nSPS) is 10.2. The maximum Gasteiger partial charge on any atom is 0.148 e. The summed E-state index contributed by atoms with van der Waals surface area (Å²) in [6.07, 6.45) is 1.89. The van der Waals surface area contributed by atoms with Crippen molar-refractivity contribution in [3.63, 3.8) is 0 Å². The minimum atomic E-state index is 0.289. The molecule has 78 valence electrons. The monoisotopic (exact) mass is 203 g/mol. The molecule has 0 aliphatic rings. The van der Waals surface area contributed by atoms with Crippen LogP contribution in [0.15, 0.2) is 36.5 Å². The molecule has 2 N–H and O–H groups in total. The zero-order valence-corrected chi connectivity index (χ0v) is 8.51. The molecule has 0 saturated carbocycles.